The minimum atomic E-state index is -0.200. The van der Waals surface area contributed by atoms with Crippen LogP contribution >= 0.6 is 0 Å². The first-order chi connectivity index (χ1) is 14.7. The molecule has 30 heavy (non-hydrogen) atoms. The van der Waals surface area contributed by atoms with Crippen LogP contribution < -0.4 is 15.5 Å². The van der Waals surface area contributed by atoms with Crippen LogP contribution in [0.25, 0.3) is 10.8 Å². The maximum Gasteiger partial charge on any atom is 0.319 e. The summed E-state index contributed by atoms with van der Waals surface area (Å²) in [4.78, 5) is 17.0. The number of carbonyl (C=O) groups is 1. The maximum absolute atomic E-state index is 13.1. The number of hydrogen-bond acceptors (Lipinski definition) is 3. The Morgan fingerprint density at radius 1 is 0.900 bits per heavy atom. The molecule has 6 heteroatoms. The minimum Gasteiger partial charge on any atom is -0.369 e. The fourth-order valence-electron chi connectivity index (χ4n) is 3.89. The normalized spacial score (nSPS) is 14.6. The summed E-state index contributed by atoms with van der Waals surface area (Å²) in [6.07, 6.45) is 0.902. The van der Waals surface area contributed by atoms with Crippen LogP contribution in [0.15, 0.2) is 66.7 Å². The zero-order chi connectivity index (χ0) is 20.8. The molecule has 0 unspecified atom stereocenters. The lowest BCUT2D eigenvalue weighted by molar-refractivity contribution is 0.244. The second-order valence-electron chi connectivity index (χ2n) is 7.57. The van der Waals surface area contributed by atoms with Gasteiger partial charge in [-0.15, -0.1) is 0 Å². The molecule has 3 aromatic rings. The van der Waals surface area contributed by atoms with Gasteiger partial charge in [0.05, 0.1) is 5.69 Å². The van der Waals surface area contributed by atoms with Gasteiger partial charge in [0.1, 0.15) is 5.82 Å². The van der Waals surface area contributed by atoms with Gasteiger partial charge in [-0.25, -0.2) is 9.18 Å². The number of rotatable bonds is 6. The topological polar surface area (TPSA) is 47.6 Å². The predicted molar refractivity (Wildman–Crippen MR) is 121 cm³/mol. The molecule has 4 rings (SSSR count). The van der Waals surface area contributed by atoms with Gasteiger partial charge in [-0.3, -0.25) is 4.90 Å². The average Bonchev–Trinajstić information content (AvgIpc) is 2.78. The average molecular weight is 407 g/mol. The van der Waals surface area contributed by atoms with Crippen molar-refractivity contribution < 1.29 is 9.18 Å². The Hall–Kier alpha value is -3.12. The van der Waals surface area contributed by atoms with E-state index in [4.69, 9.17) is 0 Å². The maximum atomic E-state index is 13.1. The number of fused-ring (bicyclic) bond motifs is 1. The Morgan fingerprint density at radius 3 is 2.43 bits per heavy atom. The molecule has 1 saturated heterocycles. The SMILES string of the molecule is O=C(NCCCN1CCN(c2ccc(F)cc2)CC1)Nc1cccc2ccccc12. The first kappa shape index (κ1) is 20.2. The Kier molecular flexibility index (Phi) is 6.44. The van der Waals surface area contributed by atoms with Crippen molar-refractivity contribution in [1.29, 1.82) is 0 Å². The molecular formula is C24H27FN4O. The molecule has 0 aromatic heterocycles. The van der Waals surface area contributed by atoms with Crippen LogP contribution in [0.4, 0.5) is 20.6 Å². The van der Waals surface area contributed by atoms with Gasteiger partial charge in [0.15, 0.2) is 0 Å². The molecule has 0 aliphatic carbocycles. The van der Waals surface area contributed by atoms with Crippen LogP contribution in [0.2, 0.25) is 0 Å². The van der Waals surface area contributed by atoms with Crippen LogP contribution in [-0.4, -0.2) is 50.2 Å². The van der Waals surface area contributed by atoms with Crippen LogP contribution in [0.5, 0.6) is 0 Å². The van der Waals surface area contributed by atoms with Gasteiger partial charge >= 0.3 is 6.03 Å². The van der Waals surface area contributed by atoms with E-state index in [-0.39, 0.29) is 11.8 Å². The predicted octanol–water partition coefficient (Wildman–Crippen LogP) is 4.31. The molecule has 1 fully saturated rings. The third kappa shape index (κ3) is 5.07. The summed E-state index contributed by atoms with van der Waals surface area (Å²) in [5, 5.41) is 8.05. The van der Waals surface area contributed by atoms with E-state index >= 15 is 0 Å². The molecule has 5 nitrogen and oxygen atoms in total. The first-order valence-corrected chi connectivity index (χ1v) is 10.4. The fourth-order valence-corrected chi connectivity index (χ4v) is 3.89. The summed E-state index contributed by atoms with van der Waals surface area (Å²) in [6, 6.07) is 20.4. The molecular weight excluding hydrogens is 379 g/mol. The number of benzene rings is 3. The molecule has 1 aliphatic heterocycles. The van der Waals surface area contributed by atoms with Crippen LogP contribution in [-0.2, 0) is 0 Å². The van der Waals surface area contributed by atoms with E-state index in [2.05, 4.69) is 20.4 Å². The summed E-state index contributed by atoms with van der Waals surface area (Å²) in [6.45, 7) is 5.39. The van der Waals surface area contributed by atoms with Crippen molar-refractivity contribution in [1.82, 2.24) is 10.2 Å². The molecule has 0 bridgehead atoms. The highest BCUT2D eigenvalue weighted by atomic mass is 19.1. The van der Waals surface area contributed by atoms with Gasteiger partial charge in [0, 0.05) is 43.8 Å². The molecule has 0 radical (unpaired) electrons. The molecule has 2 N–H and O–H groups in total. The molecule has 3 aromatic carbocycles. The quantitative estimate of drug-likeness (QED) is 0.600. The monoisotopic (exact) mass is 406 g/mol. The van der Waals surface area contributed by atoms with Gasteiger partial charge in [0.25, 0.3) is 0 Å². The van der Waals surface area contributed by atoms with Gasteiger partial charge in [-0.1, -0.05) is 36.4 Å². The van der Waals surface area contributed by atoms with Crippen molar-refractivity contribution >= 4 is 28.2 Å². The standard InChI is InChI=1S/C24H27FN4O/c25-20-9-11-21(12-10-20)29-17-15-28(16-18-29)14-4-13-26-24(30)27-23-8-3-6-19-5-1-2-7-22(19)23/h1-3,5-12H,4,13-18H2,(H2,26,27,30). The molecule has 0 spiro atoms. The van der Waals surface area contributed by atoms with Crippen LogP contribution in [0, 0.1) is 5.82 Å². The number of hydrogen-bond donors (Lipinski definition) is 2. The largest absolute Gasteiger partial charge is 0.369 e. The number of nitrogens with one attached hydrogen (secondary N) is 2. The number of nitrogens with zero attached hydrogens (tertiary/aromatic N) is 2. The second kappa shape index (κ2) is 9.59. The summed E-state index contributed by atoms with van der Waals surface area (Å²) >= 11 is 0. The van der Waals surface area contributed by atoms with Gasteiger partial charge < -0.3 is 15.5 Å². The highest BCUT2D eigenvalue weighted by molar-refractivity contribution is 6.01. The number of halogens is 1. The summed E-state index contributed by atoms with van der Waals surface area (Å²) < 4.78 is 13.1. The lowest BCUT2D eigenvalue weighted by Crippen LogP contribution is -2.47. The molecule has 0 saturated carbocycles. The lowest BCUT2D eigenvalue weighted by Gasteiger charge is -2.36. The van der Waals surface area contributed by atoms with Crippen LogP contribution in [0.3, 0.4) is 0 Å². The zero-order valence-corrected chi connectivity index (χ0v) is 17.0. The smallest absolute Gasteiger partial charge is 0.319 e. The van der Waals surface area contributed by atoms with E-state index in [0.717, 1.165) is 61.3 Å². The van der Waals surface area contributed by atoms with Crippen molar-refractivity contribution in [2.45, 2.75) is 6.42 Å². The Morgan fingerprint density at radius 2 is 1.63 bits per heavy atom. The fraction of sp³-hybridized carbons (Fsp3) is 0.292. The van der Waals surface area contributed by atoms with E-state index in [0.29, 0.717) is 6.54 Å². The third-order valence-electron chi connectivity index (χ3n) is 5.54. The van der Waals surface area contributed by atoms with Crippen LogP contribution in [0.1, 0.15) is 6.42 Å². The van der Waals surface area contributed by atoms with Gasteiger partial charge in [-0.05, 0) is 48.7 Å². The van der Waals surface area contributed by atoms with Crippen molar-refractivity contribution in [3.63, 3.8) is 0 Å². The Labute approximate surface area is 176 Å². The Balaban J connectivity index is 1.17. The molecule has 0 atom stereocenters. The molecule has 1 aliphatic rings. The minimum absolute atomic E-state index is 0.174. The van der Waals surface area contributed by atoms with E-state index in [1.165, 1.54) is 12.1 Å². The highest BCUT2D eigenvalue weighted by Crippen LogP contribution is 2.22. The molecule has 1 heterocycles. The number of amides is 2. The van der Waals surface area contributed by atoms with E-state index in [1.807, 2.05) is 54.6 Å². The van der Waals surface area contributed by atoms with Crippen molar-refractivity contribution in [3.05, 3.63) is 72.5 Å². The van der Waals surface area contributed by atoms with E-state index < -0.39 is 0 Å². The number of piperazine rings is 1. The van der Waals surface area contributed by atoms with Gasteiger partial charge in [0.2, 0.25) is 0 Å². The first-order valence-electron chi connectivity index (χ1n) is 10.4. The summed E-state index contributed by atoms with van der Waals surface area (Å²) in [5.74, 6) is -0.200. The van der Waals surface area contributed by atoms with E-state index in [1.54, 1.807) is 0 Å². The molecule has 156 valence electrons. The summed E-state index contributed by atoms with van der Waals surface area (Å²) in [7, 11) is 0. The number of anilines is 2. The van der Waals surface area contributed by atoms with Gasteiger partial charge in [-0.2, -0.15) is 0 Å². The second-order valence-corrected chi connectivity index (χ2v) is 7.57. The highest BCUT2D eigenvalue weighted by Gasteiger charge is 2.16. The summed E-state index contributed by atoms with van der Waals surface area (Å²) in [5.41, 5.74) is 1.89. The zero-order valence-electron chi connectivity index (χ0n) is 17.0. The van der Waals surface area contributed by atoms with Crippen molar-refractivity contribution in [2.24, 2.45) is 0 Å². The lowest BCUT2D eigenvalue weighted by atomic mass is 10.1. The van der Waals surface area contributed by atoms with Crippen molar-refractivity contribution in [3.8, 4) is 0 Å². The number of urea groups is 1. The van der Waals surface area contributed by atoms with E-state index in [9.17, 15) is 9.18 Å². The number of carbonyl (C=O) groups excluding carboxylic acids is 1. The molecule has 2 amide bonds. The third-order valence-corrected chi connectivity index (χ3v) is 5.54. The van der Waals surface area contributed by atoms with Crippen molar-refractivity contribution in [2.75, 3.05) is 49.5 Å². The Bertz CT molecular complexity index is 979.